The first-order valence-corrected chi connectivity index (χ1v) is 25.7. The quantitative estimate of drug-likeness (QED) is 0.0602. The number of carboxylic acids is 2. The molecular weight excluding hydrogens is 901 g/mol. The van der Waals surface area contributed by atoms with Gasteiger partial charge in [-0.15, -0.1) is 0 Å². The SMILES string of the molecule is CCC(CC)(c1ccc(C#CC2(O)CCCC2)c(C)c1)c1ccc(C(=O)NC(C)(C)C(=O)O)c(C)c1.CCC(O)(C#Cc1ccc(C(CC)(CC)c2ccc(C(=O)NC(C)(C)C(=O)O)c(C)c2)cc1C)CC. The Morgan fingerprint density at radius 1 is 0.528 bits per heavy atom. The van der Waals surface area contributed by atoms with E-state index in [2.05, 4.69) is 99.3 Å². The summed E-state index contributed by atoms with van der Waals surface area (Å²) >= 11 is 0. The van der Waals surface area contributed by atoms with Crippen molar-refractivity contribution in [1.82, 2.24) is 10.6 Å². The number of benzene rings is 4. The Kier molecular flexibility index (Phi) is 19.1. The van der Waals surface area contributed by atoms with Crippen molar-refractivity contribution in [2.24, 2.45) is 0 Å². The van der Waals surface area contributed by atoms with Crippen LogP contribution in [0.25, 0.3) is 0 Å². The molecule has 2 amide bonds. The van der Waals surface area contributed by atoms with Crippen LogP contribution in [-0.2, 0) is 20.4 Å². The van der Waals surface area contributed by atoms with E-state index >= 15 is 0 Å². The van der Waals surface area contributed by atoms with E-state index in [0.717, 1.165) is 95.9 Å². The molecule has 10 heteroatoms. The predicted octanol–water partition coefficient (Wildman–Crippen LogP) is 11.6. The highest BCUT2D eigenvalue weighted by atomic mass is 16.4. The van der Waals surface area contributed by atoms with Gasteiger partial charge >= 0.3 is 11.9 Å². The molecule has 0 atom stereocenters. The molecular formula is C62H80N2O8. The largest absolute Gasteiger partial charge is 0.480 e. The van der Waals surface area contributed by atoms with Crippen LogP contribution < -0.4 is 10.6 Å². The number of hydrogen-bond acceptors (Lipinski definition) is 6. The highest BCUT2D eigenvalue weighted by Crippen LogP contribution is 2.42. The van der Waals surface area contributed by atoms with Gasteiger partial charge in [0.25, 0.3) is 11.8 Å². The first-order valence-electron chi connectivity index (χ1n) is 25.7. The molecule has 0 saturated heterocycles. The van der Waals surface area contributed by atoms with Gasteiger partial charge in [0.15, 0.2) is 0 Å². The van der Waals surface area contributed by atoms with Gasteiger partial charge in [0.05, 0.1) is 0 Å². The van der Waals surface area contributed by atoms with Crippen molar-refractivity contribution in [1.29, 1.82) is 0 Å². The Morgan fingerprint density at radius 3 is 1.17 bits per heavy atom. The third kappa shape index (κ3) is 13.1. The minimum absolute atomic E-state index is 0.236. The van der Waals surface area contributed by atoms with E-state index in [-0.39, 0.29) is 10.8 Å². The van der Waals surface area contributed by atoms with Gasteiger partial charge < -0.3 is 31.1 Å². The molecule has 0 aromatic heterocycles. The third-order valence-corrected chi connectivity index (χ3v) is 15.4. The van der Waals surface area contributed by atoms with Gasteiger partial charge in [-0.3, -0.25) is 9.59 Å². The lowest BCUT2D eigenvalue weighted by Crippen LogP contribution is -2.49. The molecule has 10 nitrogen and oxygen atoms in total. The number of carboxylic acid groups (broad SMARTS) is 2. The van der Waals surface area contributed by atoms with Crippen molar-refractivity contribution in [2.45, 2.75) is 194 Å². The first kappa shape index (κ1) is 58.4. The summed E-state index contributed by atoms with van der Waals surface area (Å²) in [6.07, 6.45) is 8.21. The van der Waals surface area contributed by atoms with Crippen LogP contribution in [0.4, 0.5) is 0 Å². The number of carbonyl (C=O) groups excluding carboxylic acids is 2. The zero-order valence-corrected chi connectivity index (χ0v) is 45.4. The Balaban J connectivity index is 0.000000312. The van der Waals surface area contributed by atoms with Gasteiger partial charge in [-0.05, 0) is 188 Å². The van der Waals surface area contributed by atoms with E-state index < -0.39 is 46.0 Å². The zero-order chi connectivity index (χ0) is 54.0. The summed E-state index contributed by atoms with van der Waals surface area (Å²) in [4.78, 5) is 48.5. The molecule has 5 rings (SSSR count). The van der Waals surface area contributed by atoms with E-state index in [4.69, 9.17) is 0 Å². The molecule has 0 bridgehead atoms. The second kappa shape index (κ2) is 23.6. The smallest absolute Gasteiger partial charge is 0.328 e. The average molecular weight is 981 g/mol. The standard InChI is InChI=1S/C31H39NO4.C31H41NO4/c1-7-31(8-2,24-12-11-23(21(3)19-24)15-18-30(36)16-9-10-17-30)25-13-14-26(22(4)20-25)27(33)32-29(5,6)28(34)35;1-9-30(36,10-2)18-17-23-13-14-24(19-21(23)5)31(11-3,12-4)25-15-16-26(22(6)20-25)27(33)32-29(7,8)28(34)35/h11-14,19-20,36H,7-10,16-17H2,1-6H3,(H,32,33)(H,34,35);13-16,19-20,36H,9-12H2,1-8H3,(H,32,33)(H,34,35). The lowest BCUT2D eigenvalue weighted by molar-refractivity contribution is -0.143. The van der Waals surface area contributed by atoms with Crippen LogP contribution in [0, 0.1) is 51.4 Å². The molecule has 0 spiro atoms. The van der Waals surface area contributed by atoms with Crippen LogP contribution >= 0.6 is 0 Å². The van der Waals surface area contributed by atoms with Crippen LogP contribution in [0.5, 0.6) is 0 Å². The summed E-state index contributed by atoms with van der Waals surface area (Å²) in [5, 5.41) is 45.1. The van der Waals surface area contributed by atoms with Crippen molar-refractivity contribution >= 4 is 23.8 Å². The maximum atomic E-state index is 12.8. The monoisotopic (exact) mass is 981 g/mol. The van der Waals surface area contributed by atoms with Crippen LogP contribution in [-0.4, -0.2) is 66.5 Å². The van der Waals surface area contributed by atoms with Gasteiger partial charge in [0.2, 0.25) is 0 Å². The fourth-order valence-electron chi connectivity index (χ4n) is 9.79. The van der Waals surface area contributed by atoms with Crippen molar-refractivity contribution in [2.75, 3.05) is 0 Å². The maximum absolute atomic E-state index is 12.8. The highest BCUT2D eigenvalue weighted by Gasteiger charge is 2.36. The number of aryl methyl sites for hydroxylation is 4. The molecule has 1 aliphatic carbocycles. The number of hydrogen-bond donors (Lipinski definition) is 6. The van der Waals surface area contributed by atoms with Gasteiger partial charge in [0.1, 0.15) is 22.3 Å². The molecule has 0 unspecified atom stereocenters. The number of aliphatic carboxylic acids is 2. The minimum Gasteiger partial charge on any atom is -0.480 e. The fourth-order valence-corrected chi connectivity index (χ4v) is 9.79. The summed E-state index contributed by atoms with van der Waals surface area (Å²) in [6, 6.07) is 24.4. The topological polar surface area (TPSA) is 173 Å². The molecule has 0 aliphatic heterocycles. The van der Waals surface area contributed by atoms with Gasteiger partial charge in [-0.2, -0.15) is 0 Å². The van der Waals surface area contributed by atoms with Crippen molar-refractivity contribution in [3.63, 3.8) is 0 Å². The Bertz CT molecular complexity index is 2580. The van der Waals surface area contributed by atoms with Crippen molar-refractivity contribution in [3.8, 4) is 23.7 Å². The van der Waals surface area contributed by atoms with Crippen LogP contribution in [0.1, 0.15) is 210 Å². The average Bonchev–Trinajstić information content (AvgIpc) is 3.78. The Morgan fingerprint density at radius 2 is 0.861 bits per heavy atom. The predicted molar refractivity (Wildman–Crippen MR) is 289 cm³/mol. The third-order valence-electron chi connectivity index (χ3n) is 15.4. The minimum atomic E-state index is -1.36. The van der Waals surface area contributed by atoms with E-state index in [9.17, 15) is 39.6 Å². The van der Waals surface area contributed by atoms with E-state index in [0.29, 0.717) is 24.0 Å². The maximum Gasteiger partial charge on any atom is 0.328 e. The summed E-state index contributed by atoms with van der Waals surface area (Å²) < 4.78 is 0. The van der Waals surface area contributed by atoms with Crippen LogP contribution in [0.15, 0.2) is 72.8 Å². The van der Waals surface area contributed by atoms with Crippen molar-refractivity contribution < 1.29 is 39.6 Å². The number of amides is 2. The zero-order valence-electron chi connectivity index (χ0n) is 45.4. The lowest BCUT2D eigenvalue weighted by atomic mass is 9.69. The Labute approximate surface area is 429 Å². The number of rotatable bonds is 16. The number of aliphatic hydroxyl groups is 2. The van der Waals surface area contributed by atoms with Gasteiger partial charge in [-0.1, -0.05) is 114 Å². The summed E-state index contributed by atoms with van der Waals surface area (Å²) in [7, 11) is 0. The second-order valence-corrected chi connectivity index (χ2v) is 20.9. The summed E-state index contributed by atoms with van der Waals surface area (Å²) in [6.45, 7) is 26.3. The fraction of sp³-hybridized carbons (Fsp3) is 0.484. The first-order chi connectivity index (χ1) is 33.7. The molecule has 0 radical (unpaired) electrons. The molecule has 386 valence electrons. The molecule has 6 N–H and O–H groups in total. The normalized spacial score (nSPS) is 13.6. The number of nitrogens with one attached hydrogen (secondary N) is 2. The van der Waals surface area contributed by atoms with E-state index in [1.165, 1.54) is 38.8 Å². The summed E-state index contributed by atoms with van der Waals surface area (Å²) in [5.74, 6) is 9.60. The molecule has 4 aromatic rings. The van der Waals surface area contributed by atoms with Crippen LogP contribution in [0.3, 0.4) is 0 Å². The Hall–Kier alpha value is -6.20. The highest BCUT2D eigenvalue weighted by molar-refractivity contribution is 5.99. The molecule has 0 heterocycles. The molecule has 1 fully saturated rings. The second-order valence-electron chi connectivity index (χ2n) is 20.9. The van der Waals surface area contributed by atoms with Gasteiger partial charge in [-0.25, -0.2) is 9.59 Å². The van der Waals surface area contributed by atoms with Crippen LogP contribution in [0.2, 0.25) is 0 Å². The molecule has 1 saturated carbocycles. The van der Waals surface area contributed by atoms with E-state index in [1.54, 1.807) is 12.1 Å². The molecule has 4 aromatic carbocycles. The van der Waals surface area contributed by atoms with Crippen molar-refractivity contribution in [3.05, 3.63) is 140 Å². The lowest BCUT2D eigenvalue weighted by Gasteiger charge is -2.34. The van der Waals surface area contributed by atoms with E-state index in [1.807, 2.05) is 65.0 Å². The number of carbonyl (C=O) groups is 4. The molecule has 72 heavy (non-hydrogen) atoms. The molecule has 1 aliphatic rings. The van der Waals surface area contributed by atoms with Gasteiger partial charge in [0, 0.05) is 33.1 Å². The summed E-state index contributed by atoms with van der Waals surface area (Å²) in [5.41, 5.74) is 6.13.